The lowest BCUT2D eigenvalue weighted by atomic mass is 9.62. The molecule has 2 unspecified atom stereocenters. The van der Waals surface area contributed by atoms with Crippen LogP contribution < -0.4 is 0 Å². The molecule has 1 aliphatic heterocycles. The smallest absolute Gasteiger partial charge is 0.293 e. The van der Waals surface area contributed by atoms with E-state index in [2.05, 4.69) is 66.0 Å². The summed E-state index contributed by atoms with van der Waals surface area (Å²) in [6.07, 6.45) is -1.48. The molecule has 0 aromatic heterocycles. The van der Waals surface area contributed by atoms with Crippen LogP contribution in [0.2, 0.25) is 0 Å². The van der Waals surface area contributed by atoms with Crippen LogP contribution in [0.15, 0.2) is 0 Å². The molecule has 0 aromatic carbocycles. The van der Waals surface area contributed by atoms with Gasteiger partial charge in [0.1, 0.15) is 0 Å². The van der Waals surface area contributed by atoms with E-state index in [-0.39, 0.29) is 11.3 Å². The van der Waals surface area contributed by atoms with E-state index in [1.807, 2.05) is 20.8 Å². The molecule has 0 radical (unpaired) electrons. The fourth-order valence-corrected chi connectivity index (χ4v) is 5.94. The van der Waals surface area contributed by atoms with Crippen molar-refractivity contribution in [3.05, 3.63) is 0 Å². The molecule has 1 nitrogen and oxygen atoms in total. The third-order valence-corrected chi connectivity index (χ3v) is 6.62. The molecule has 1 fully saturated rings. The van der Waals surface area contributed by atoms with E-state index in [1.54, 1.807) is 0 Å². The van der Waals surface area contributed by atoms with Gasteiger partial charge in [0.25, 0.3) is 0 Å². The van der Waals surface area contributed by atoms with Crippen molar-refractivity contribution >= 4 is 45.2 Å². The average molecular weight is 500 g/mol. The highest BCUT2D eigenvalue weighted by Gasteiger charge is 2.69. The standard InChI is InChI=1S/C14H24F2I2O/c1-7-11(3,4)9-10(12(5,6)8-2)14(17,18)19-13(9,15)16/h9-10H,7-8H2,1-6H3. The zero-order valence-corrected chi connectivity index (χ0v) is 16.8. The molecule has 1 rings (SSSR count). The summed E-state index contributed by atoms with van der Waals surface area (Å²) in [7, 11) is 0. The Labute approximate surface area is 142 Å². The molecule has 0 aromatic rings. The van der Waals surface area contributed by atoms with Gasteiger partial charge in [-0.25, -0.2) is 0 Å². The minimum absolute atomic E-state index is 0.181. The van der Waals surface area contributed by atoms with Gasteiger partial charge in [0.2, 0.25) is 0 Å². The Hall–Kier alpha value is 1.28. The molecule has 0 spiro atoms. The maximum Gasteiger partial charge on any atom is 0.361 e. The van der Waals surface area contributed by atoms with Crippen LogP contribution in [-0.4, -0.2) is 7.72 Å². The summed E-state index contributed by atoms with van der Waals surface area (Å²) in [6.45, 7) is 12.1. The van der Waals surface area contributed by atoms with Crippen molar-refractivity contribution in [2.45, 2.75) is 62.1 Å². The Morgan fingerprint density at radius 3 is 1.68 bits per heavy atom. The number of rotatable bonds is 4. The Bertz CT molecular complexity index is 308. The summed E-state index contributed by atoms with van der Waals surface area (Å²) in [4.78, 5) is 0. The van der Waals surface area contributed by atoms with Crippen molar-refractivity contribution in [1.29, 1.82) is 0 Å². The fourth-order valence-electron chi connectivity index (χ4n) is 2.95. The highest BCUT2D eigenvalue weighted by atomic mass is 127. The summed E-state index contributed by atoms with van der Waals surface area (Å²) >= 11 is 4.12. The molecule has 0 bridgehead atoms. The van der Waals surface area contributed by atoms with Crippen LogP contribution in [0.3, 0.4) is 0 Å². The SMILES string of the molecule is CCC(C)(C)C1C(C(C)(C)CC)C(I)(I)OC1(F)F. The summed E-state index contributed by atoms with van der Waals surface area (Å²) in [6, 6.07) is 0. The minimum atomic E-state index is -3.06. The summed E-state index contributed by atoms with van der Waals surface area (Å²) in [5, 5.41) is 0. The number of alkyl halides is 4. The second kappa shape index (κ2) is 5.48. The van der Waals surface area contributed by atoms with Crippen molar-refractivity contribution < 1.29 is 13.5 Å². The number of hydrogen-bond donors (Lipinski definition) is 0. The third-order valence-electron chi connectivity index (χ3n) is 4.84. The molecule has 0 aliphatic carbocycles. The van der Waals surface area contributed by atoms with Crippen LogP contribution in [0, 0.1) is 22.7 Å². The molecule has 19 heavy (non-hydrogen) atoms. The quantitative estimate of drug-likeness (QED) is 0.328. The molecule has 5 heteroatoms. The number of halogens is 4. The van der Waals surface area contributed by atoms with E-state index >= 15 is 0 Å². The maximum atomic E-state index is 14.5. The Morgan fingerprint density at radius 1 is 0.947 bits per heavy atom. The molecule has 0 N–H and O–H groups in total. The Balaban J connectivity index is 3.36. The second-order valence-electron chi connectivity index (χ2n) is 6.87. The summed E-state index contributed by atoms with van der Waals surface area (Å²) in [5.74, 6) is -0.940. The van der Waals surface area contributed by atoms with Crippen LogP contribution in [0.5, 0.6) is 0 Å². The molecule has 1 aliphatic rings. The predicted molar refractivity (Wildman–Crippen MR) is 91.9 cm³/mol. The monoisotopic (exact) mass is 500 g/mol. The third kappa shape index (κ3) is 3.38. The first kappa shape index (κ1) is 18.3. The van der Waals surface area contributed by atoms with E-state index in [0.717, 1.165) is 12.8 Å². The van der Waals surface area contributed by atoms with Crippen LogP contribution in [0.25, 0.3) is 0 Å². The lowest BCUT2D eigenvalue weighted by molar-refractivity contribution is -0.253. The highest BCUT2D eigenvalue weighted by molar-refractivity contribution is 14.2. The molecular formula is C14H24F2I2O. The molecule has 114 valence electrons. The Morgan fingerprint density at radius 2 is 1.32 bits per heavy atom. The molecule has 2 atom stereocenters. The van der Waals surface area contributed by atoms with Crippen molar-refractivity contribution in [2.24, 2.45) is 22.7 Å². The largest absolute Gasteiger partial charge is 0.361 e. The van der Waals surface area contributed by atoms with Gasteiger partial charge in [-0.15, -0.1) is 0 Å². The lowest BCUT2D eigenvalue weighted by Crippen LogP contribution is -2.45. The van der Waals surface area contributed by atoms with Gasteiger partial charge in [0.15, 0.2) is 1.61 Å². The fraction of sp³-hybridized carbons (Fsp3) is 1.00. The minimum Gasteiger partial charge on any atom is -0.293 e. The summed E-state index contributed by atoms with van der Waals surface area (Å²) in [5.41, 5.74) is -0.627. The van der Waals surface area contributed by atoms with E-state index in [1.165, 1.54) is 0 Å². The zero-order chi connectivity index (χ0) is 15.3. The van der Waals surface area contributed by atoms with Gasteiger partial charge in [0, 0.05) is 5.92 Å². The lowest BCUT2D eigenvalue weighted by Gasteiger charge is -2.44. The predicted octanol–water partition coefficient (Wildman–Crippen LogP) is 6.24. The first-order chi connectivity index (χ1) is 8.32. The number of hydrogen-bond acceptors (Lipinski definition) is 1. The van der Waals surface area contributed by atoms with Crippen molar-refractivity contribution in [3.8, 4) is 0 Å². The van der Waals surface area contributed by atoms with Gasteiger partial charge in [-0.05, 0) is 56.0 Å². The first-order valence-corrected chi connectivity index (χ1v) is 8.93. The number of ether oxygens (including phenoxy) is 1. The maximum absolute atomic E-state index is 14.5. The molecule has 0 saturated carbocycles. The van der Waals surface area contributed by atoms with Gasteiger partial charge in [-0.3, -0.25) is 4.74 Å². The Kier molecular flexibility index (Phi) is 5.29. The van der Waals surface area contributed by atoms with E-state index in [9.17, 15) is 8.78 Å². The van der Waals surface area contributed by atoms with Crippen molar-refractivity contribution in [2.75, 3.05) is 0 Å². The second-order valence-corrected chi connectivity index (χ2v) is 12.1. The van der Waals surface area contributed by atoms with Gasteiger partial charge in [-0.1, -0.05) is 54.4 Å². The molecule has 1 saturated heterocycles. The van der Waals surface area contributed by atoms with Crippen LogP contribution in [-0.2, 0) is 4.74 Å². The molecule has 1 heterocycles. The van der Waals surface area contributed by atoms with Crippen LogP contribution >= 0.6 is 45.2 Å². The van der Waals surface area contributed by atoms with E-state index in [0.29, 0.717) is 0 Å². The average Bonchev–Trinajstić information content (AvgIpc) is 2.43. The van der Waals surface area contributed by atoms with Crippen molar-refractivity contribution in [1.82, 2.24) is 0 Å². The summed E-state index contributed by atoms with van der Waals surface area (Å²) < 4.78 is 33.3. The highest BCUT2D eigenvalue weighted by Crippen LogP contribution is 2.66. The molecule has 0 amide bonds. The van der Waals surface area contributed by atoms with Crippen LogP contribution in [0.4, 0.5) is 8.78 Å². The van der Waals surface area contributed by atoms with Crippen molar-refractivity contribution in [3.63, 3.8) is 0 Å². The first-order valence-electron chi connectivity index (χ1n) is 6.77. The van der Waals surface area contributed by atoms with Gasteiger partial charge < -0.3 is 0 Å². The van der Waals surface area contributed by atoms with Crippen LogP contribution in [0.1, 0.15) is 54.4 Å². The van der Waals surface area contributed by atoms with Gasteiger partial charge in [-0.2, -0.15) is 8.78 Å². The van der Waals surface area contributed by atoms with Gasteiger partial charge >= 0.3 is 6.11 Å². The molecular weight excluding hydrogens is 476 g/mol. The zero-order valence-electron chi connectivity index (χ0n) is 12.5. The van der Waals surface area contributed by atoms with Gasteiger partial charge in [0.05, 0.1) is 5.92 Å². The topological polar surface area (TPSA) is 9.23 Å². The van der Waals surface area contributed by atoms with E-state index < -0.39 is 19.1 Å². The normalized spacial score (nSPS) is 30.6. The van der Waals surface area contributed by atoms with E-state index in [4.69, 9.17) is 4.74 Å².